The van der Waals surface area contributed by atoms with Crippen molar-refractivity contribution in [2.24, 2.45) is 0 Å². The Balaban J connectivity index is 1.02. The predicted octanol–water partition coefficient (Wildman–Crippen LogP) is 14.3. The number of nitrogens with zero attached hydrogens (tertiary/aromatic N) is 3. The van der Waals surface area contributed by atoms with Gasteiger partial charge in [-0.05, 0) is 64.7 Å². The molecular formula is C52H33N3O2S. The Hall–Kier alpha value is -7.41. The molecule has 58 heavy (non-hydrogen) atoms. The van der Waals surface area contributed by atoms with Gasteiger partial charge in [0, 0.05) is 59.4 Å². The van der Waals surface area contributed by atoms with Crippen molar-refractivity contribution in [3.8, 4) is 45.0 Å². The molecule has 274 valence electrons. The third-order valence-corrected chi connectivity index (χ3v) is 12.0. The van der Waals surface area contributed by atoms with Gasteiger partial charge >= 0.3 is 0 Å². The Kier molecular flexibility index (Phi) is 8.15. The third kappa shape index (κ3) is 5.99. The smallest absolute Gasteiger partial charge is 0.163 e. The molecule has 0 N–H and O–H groups in total. The first-order chi connectivity index (χ1) is 28.6. The minimum atomic E-state index is 0.434. The fourth-order valence-corrected chi connectivity index (χ4v) is 9.09. The Morgan fingerprint density at radius 2 is 1.05 bits per heavy atom. The molecule has 0 unspecified atom stereocenters. The fraction of sp³-hybridized carbons (Fsp3) is 0.0192. The van der Waals surface area contributed by atoms with E-state index in [-0.39, 0.29) is 0 Å². The van der Waals surface area contributed by atoms with Crippen molar-refractivity contribution in [2.45, 2.75) is 6.42 Å². The van der Waals surface area contributed by atoms with Crippen LogP contribution in [0.15, 0.2) is 185 Å². The molecule has 0 aliphatic rings. The Bertz CT molecular complexity index is 3390. The number of benzene rings is 7. The van der Waals surface area contributed by atoms with Crippen molar-refractivity contribution >= 4 is 70.5 Å². The van der Waals surface area contributed by atoms with Gasteiger partial charge in [-0.15, -0.1) is 11.3 Å². The van der Waals surface area contributed by atoms with Crippen LogP contribution in [-0.4, -0.2) is 15.0 Å². The van der Waals surface area contributed by atoms with Crippen molar-refractivity contribution in [1.29, 1.82) is 0 Å². The minimum absolute atomic E-state index is 0.434. The maximum atomic E-state index is 6.61. The molecule has 4 aromatic heterocycles. The summed E-state index contributed by atoms with van der Waals surface area (Å²) >= 11 is 1.79. The molecule has 0 aliphatic carbocycles. The summed E-state index contributed by atoms with van der Waals surface area (Å²) in [7, 11) is 0. The van der Waals surface area contributed by atoms with Crippen molar-refractivity contribution in [1.82, 2.24) is 15.0 Å². The van der Waals surface area contributed by atoms with Crippen LogP contribution in [0.3, 0.4) is 0 Å². The summed E-state index contributed by atoms with van der Waals surface area (Å²) in [6, 6.07) is 54.8. The second-order valence-corrected chi connectivity index (χ2v) is 15.5. The van der Waals surface area contributed by atoms with Crippen LogP contribution in [0.5, 0.6) is 0 Å². The summed E-state index contributed by atoms with van der Waals surface area (Å²) < 4.78 is 15.3. The lowest BCUT2D eigenvalue weighted by atomic mass is 10.0. The summed E-state index contributed by atoms with van der Waals surface area (Å²) in [6.07, 6.45) is 6.05. The van der Waals surface area contributed by atoms with Crippen LogP contribution in [0.2, 0.25) is 0 Å². The fourth-order valence-electron chi connectivity index (χ4n) is 7.95. The Morgan fingerprint density at radius 3 is 1.86 bits per heavy atom. The highest BCUT2D eigenvalue weighted by Gasteiger charge is 2.19. The lowest BCUT2D eigenvalue weighted by molar-refractivity contribution is 0.599. The molecule has 0 aliphatic heterocycles. The summed E-state index contributed by atoms with van der Waals surface area (Å²) in [5.41, 5.74) is 9.76. The average Bonchev–Trinajstić information content (AvgIpc) is 3.96. The minimum Gasteiger partial charge on any atom is -0.456 e. The van der Waals surface area contributed by atoms with E-state index < -0.39 is 0 Å². The van der Waals surface area contributed by atoms with Crippen LogP contribution in [-0.2, 0) is 6.42 Å². The largest absolute Gasteiger partial charge is 0.456 e. The number of furan rings is 2. The number of allylic oxidation sites excluding steroid dienone is 2. The first-order valence-corrected chi connectivity index (χ1v) is 20.1. The van der Waals surface area contributed by atoms with Crippen molar-refractivity contribution in [2.75, 3.05) is 0 Å². The molecule has 0 saturated carbocycles. The second-order valence-electron chi connectivity index (χ2n) is 14.4. The van der Waals surface area contributed by atoms with E-state index in [4.69, 9.17) is 23.8 Å². The predicted molar refractivity (Wildman–Crippen MR) is 240 cm³/mol. The summed E-state index contributed by atoms with van der Waals surface area (Å²) in [5.74, 6) is 2.64. The van der Waals surface area contributed by atoms with Crippen LogP contribution in [0.4, 0.5) is 0 Å². The van der Waals surface area contributed by atoms with E-state index >= 15 is 0 Å². The molecule has 0 saturated heterocycles. The summed E-state index contributed by atoms with van der Waals surface area (Å²) in [5, 5.41) is 5.71. The number of aromatic nitrogens is 3. The van der Waals surface area contributed by atoms with Crippen LogP contribution in [0.25, 0.3) is 104 Å². The zero-order valence-electron chi connectivity index (χ0n) is 31.2. The number of rotatable bonds is 8. The van der Waals surface area contributed by atoms with Gasteiger partial charge in [0.1, 0.15) is 28.3 Å². The van der Waals surface area contributed by atoms with Gasteiger partial charge in [-0.25, -0.2) is 15.0 Å². The molecule has 0 spiro atoms. The number of hydrogen-bond donors (Lipinski definition) is 0. The summed E-state index contributed by atoms with van der Waals surface area (Å²) in [4.78, 5) is 15.4. The maximum Gasteiger partial charge on any atom is 0.163 e. The van der Waals surface area contributed by atoms with E-state index in [1.807, 2.05) is 36.4 Å². The zero-order chi connectivity index (χ0) is 38.6. The Labute approximate surface area is 337 Å². The molecule has 0 amide bonds. The maximum absolute atomic E-state index is 6.61. The van der Waals surface area contributed by atoms with Gasteiger partial charge in [0.2, 0.25) is 0 Å². The van der Waals surface area contributed by atoms with E-state index in [0.29, 0.717) is 23.9 Å². The quantitative estimate of drug-likeness (QED) is 0.144. The number of hydrogen-bond acceptors (Lipinski definition) is 6. The van der Waals surface area contributed by atoms with Crippen LogP contribution >= 0.6 is 11.3 Å². The van der Waals surface area contributed by atoms with Gasteiger partial charge in [-0.1, -0.05) is 140 Å². The highest BCUT2D eigenvalue weighted by atomic mass is 32.1. The number of thiophene rings is 1. The molecule has 0 atom stereocenters. The van der Waals surface area contributed by atoms with Crippen molar-refractivity contribution in [3.05, 3.63) is 194 Å². The molecule has 11 rings (SSSR count). The molecule has 0 bridgehead atoms. The normalized spacial score (nSPS) is 11.9. The van der Waals surface area contributed by atoms with Gasteiger partial charge in [-0.3, -0.25) is 0 Å². The van der Waals surface area contributed by atoms with E-state index in [9.17, 15) is 0 Å². The standard InChI is InChI=1S/C52H33N3O2S/c1-2-3-15-45-43(40-26-23-36(29-47(40)57-45)35-22-25-39-38-13-7-9-16-44(38)56-46(39)28-35)31-50-53-51(34-20-18-33(19-21-34)32-11-5-4-6-12-32)55-52(54-50)37-24-27-42-41-14-8-10-17-48(41)58-49(42)30-37/h2-30H,1,31H2/b15-3-. The number of fused-ring (bicyclic) bond motifs is 7. The zero-order valence-corrected chi connectivity index (χ0v) is 32.0. The topological polar surface area (TPSA) is 65.0 Å². The average molecular weight is 764 g/mol. The van der Waals surface area contributed by atoms with Gasteiger partial charge in [0.15, 0.2) is 11.6 Å². The second kappa shape index (κ2) is 14.0. The monoisotopic (exact) mass is 763 g/mol. The first kappa shape index (κ1) is 33.9. The molecule has 0 fully saturated rings. The van der Waals surface area contributed by atoms with Gasteiger partial charge in [-0.2, -0.15) is 0 Å². The van der Waals surface area contributed by atoms with Gasteiger partial charge in [0.05, 0.1) is 0 Å². The SMILES string of the molecule is C=C/C=C\c1oc2cc(-c3ccc4c(c3)oc3ccccc34)ccc2c1Cc1nc(-c2ccc(-c3ccccc3)cc2)nc(-c2ccc3c(c2)sc2ccccc23)n1. The lowest BCUT2D eigenvalue weighted by Gasteiger charge is -2.09. The molecule has 11 aromatic rings. The van der Waals surface area contributed by atoms with E-state index in [1.54, 1.807) is 17.4 Å². The highest BCUT2D eigenvalue weighted by molar-refractivity contribution is 7.25. The Morgan fingerprint density at radius 1 is 0.466 bits per heavy atom. The van der Waals surface area contributed by atoms with Crippen LogP contribution in [0, 0.1) is 0 Å². The van der Waals surface area contributed by atoms with E-state index in [2.05, 4.69) is 140 Å². The molecule has 6 heteroatoms. The van der Waals surface area contributed by atoms with Gasteiger partial charge in [0.25, 0.3) is 0 Å². The third-order valence-electron chi connectivity index (χ3n) is 10.8. The van der Waals surface area contributed by atoms with Crippen LogP contribution in [0.1, 0.15) is 17.1 Å². The lowest BCUT2D eigenvalue weighted by Crippen LogP contribution is -2.04. The van der Waals surface area contributed by atoms with E-state index in [1.165, 1.54) is 20.2 Å². The molecule has 7 aromatic carbocycles. The molecule has 5 nitrogen and oxygen atoms in total. The molecular weight excluding hydrogens is 731 g/mol. The van der Waals surface area contributed by atoms with Gasteiger partial charge < -0.3 is 8.83 Å². The number of para-hydroxylation sites is 1. The highest BCUT2D eigenvalue weighted by Crippen LogP contribution is 2.38. The van der Waals surface area contributed by atoms with E-state index in [0.717, 1.165) is 77.6 Å². The van der Waals surface area contributed by atoms with Crippen molar-refractivity contribution < 1.29 is 8.83 Å². The molecule has 4 heterocycles. The van der Waals surface area contributed by atoms with Crippen LogP contribution < -0.4 is 0 Å². The van der Waals surface area contributed by atoms with Crippen molar-refractivity contribution in [3.63, 3.8) is 0 Å². The first-order valence-electron chi connectivity index (χ1n) is 19.2. The molecule has 0 radical (unpaired) electrons. The summed E-state index contributed by atoms with van der Waals surface area (Å²) in [6.45, 7) is 3.92.